The molecular weight excluding hydrogens is 540 g/mol. The van der Waals surface area contributed by atoms with E-state index >= 15 is 0 Å². The van der Waals surface area contributed by atoms with E-state index in [0.717, 1.165) is 0 Å². The summed E-state index contributed by atoms with van der Waals surface area (Å²) in [5, 5.41) is 62.1. The van der Waals surface area contributed by atoms with Gasteiger partial charge in [0.2, 0.25) is 5.79 Å². The molecule has 6 rings (SSSR count). The summed E-state index contributed by atoms with van der Waals surface area (Å²) in [4.78, 5) is 38.9. The van der Waals surface area contributed by atoms with Gasteiger partial charge >= 0.3 is 11.9 Å². The van der Waals surface area contributed by atoms with Crippen LogP contribution in [0.4, 0.5) is 0 Å². The van der Waals surface area contributed by atoms with Crippen LogP contribution >= 0.6 is 0 Å². The van der Waals surface area contributed by atoms with E-state index in [9.17, 15) is 45.0 Å². The highest BCUT2D eigenvalue weighted by molar-refractivity contribution is 6.14. The van der Waals surface area contributed by atoms with Crippen molar-refractivity contribution < 1.29 is 54.4 Å². The van der Waals surface area contributed by atoms with Gasteiger partial charge < -0.3 is 44.8 Å². The second-order valence-corrected chi connectivity index (χ2v) is 11.2. The first-order valence-electron chi connectivity index (χ1n) is 13.5. The van der Waals surface area contributed by atoms with Crippen LogP contribution in [0.2, 0.25) is 0 Å². The van der Waals surface area contributed by atoms with E-state index in [-0.39, 0.29) is 48.1 Å². The number of fused-ring (bicyclic) bond motifs is 3. The first kappa shape index (κ1) is 27.9. The fourth-order valence-electron chi connectivity index (χ4n) is 6.45. The Hall–Kier alpha value is -3.23. The molecule has 218 valence electrons. The molecule has 1 saturated carbocycles. The Bertz CT molecular complexity index is 1510. The Balaban J connectivity index is 1.36. The number of rotatable bonds is 7. The van der Waals surface area contributed by atoms with Gasteiger partial charge in [-0.15, -0.1) is 0 Å². The maximum Gasteiger partial charge on any atom is 0.331 e. The van der Waals surface area contributed by atoms with E-state index in [2.05, 4.69) is 0 Å². The monoisotopic (exact) mass is 570 g/mol. The molecule has 2 aromatic carbocycles. The number of carbonyl (C=O) groups excluding carboxylic acids is 2. The van der Waals surface area contributed by atoms with Gasteiger partial charge in [0.05, 0.1) is 24.7 Å². The van der Waals surface area contributed by atoms with Crippen molar-refractivity contribution >= 4 is 28.8 Å². The van der Waals surface area contributed by atoms with E-state index in [0.29, 0.717) is 29.4 Å². The molecular formula is C29H30O12. The summed E-state index contributed by atoms with van der Waals surface area (Å²) in [7, 11) is 0. The van der Waals surface area contributed by atoms with E-state index in [4.69, 9.17) is 14.2 Å². The molecule has 41 heavy (non-hydrogen) atoms. The highest BCUT2D eigenvalue weighted by Crippen LogP contribution is 2.50. The Kier molecular flexibility index (Phi) is 6.77. The Morgan fingerprint density at radius 3 is 2.49 bits per heavy atom. The van der Waals surface area contributed by atoms with Crippen LogP contribution in [0.15, 0.2) is 34.6 Å². The molecule has 12 nitrogen and oxygen atoms in total. The van der Waals surface area contributed by atoms with Crippen LogP contribution in [-0.4, -0.2) is 86.2 Å². The van der Waals surface area contributed by atoms with Gasteiger partial charge in [-0.1, -0.05) is 12.1 Å². The fourth-order valence-corrected chi connectivity index (χ4v) is 6.45. The Labute approximate surface area is 233 Å². The van der Waals surface area contributed by atoms with Crippen molar-refractivity contribution in [2.45, 2.75) is 68.4 Å². The van der Waals surface area contributed by atoms with Crippen molar-refractivity contribution in [3.05, 3.63) is 56.8 Å². The zero-order chi connectivity index (χ0) is 29.3. The van der Waals surface area contributed by atoms with Gasteiger partial charge in [0, 0.05) is 17.7 Å². The molecule has 5 unspecified atom stereocenters. The Morgan fingerprint density at radius 1 is 1.02 bits per heavy atom. The summed E-state index contributed by atoms with van der Waals surface area (Å²) in [5.41, 5.74) is -1.03. The fraction of sp³-hybridized carbons (Fsp3) is 0.483. The van der Waals surface area contributed by atoms with Gasteiger partial charge in [0.25, 0.3) is 0 Å². The second kappa shape index (κ2) is 9.95. The average molecular weight is 571 g/mol. The molecule has 2 aliphatic heterocycles. The van der Waals surface area contributed by atoms with Crippen LogP contribution in [0.5, 0.6) is 5.75 Å². The average Bonchev–Trinajstić information content (AvgIpc) is 3.05. The van der Waals surface area contributed by atoms with Crippen LogP contribution < -0.4 is 5.43 Å². The number of esters is 2. The van der Waals surface area contributed by atoms with Crippen LogP contribution in [-0.2, 0) is 30.2 Å². The first-order valence-corrected chi connectivity index (χ1v) is 13.5. The number of ether oxygens (including phenoxy) is 3. The lowest BCUT2D eigenvalue weighted by Gasteiger charge is -2.37. The minimum absolute atomic E-state index is 0.0307. The normalized spacial score (nSPS) is 29.5. The lowest BCUT2D eigenvalue weighted by Crippen LogP contribution is -2.55. The summed E-state index contributed by atoms with van der Waals surface area (Å²) >= 11 is 0. The molecule has 0 spiro atoms. The lowest BCUT2D eigenvalue weighted by atomic mass is 9.75. The third kappa shape index (κ3) is 4.38. The maximum atomic E-state index is 13.4. The first-order chi connectivity index (χ1) is 19.5. The third-order valence-electron chi connectivity index (χ3n) is 8.78. The molecule has 0 amide bonds. The molecule has 12 heteroatoms. The lowest BCUT2D eigenvalue weighted by molar-refractivity contribution is -0.234. The Morgan fingerprint density at radius 2 is 1.78 bits per heavy atom. The SMILES string of the molecule is O=C1OC(=O)C1(CCOC1CCC(O)C(CO)O1)Cc1cc2c3c(ccc(O)c3c(=O)c1)C1CC(=C2)C(O)(O)C1O. The summed E-state index contributed by atoms with van der Waals surface area (Å²) in [5.74, 6) is -5.13. The molecule has 2 aliphatic carbocycles. The predicted molar refractivity (Wildman–Crippen MR) is 139 cm³/mol. The molecule has 2 aromatic rings. The number of aliphatic hydroxyl groups is 5. The number of aliphatic hydroxyl groups excluding tert-OH is 3. The summed E-state index contributed by atoms with van der Waals surface area (Å²) in [6.07, 6.45) is -2.01. The minimum atomic E-state index is -2.50. The number of carbonyl (C=O) groups is 2. The highest BCUT2D eigenvalue weighted by Gasteiger charge is 2.58. The number of phenolic OH excluding ortho intramolecular Hbond substituents is 1. The van der Waals surface area contributed by atoms with Gasteiger partial charge in [-0.25, -0.2) is 0 Å². The molecule has 2 heterocycles. The summed E-state index contributed by atoms with van der Waals surface area (Å²) in [6.45, 7) is -0.486. The maximum absolute atomic E-state index is 13.4. The topological polar surface area (TPSA) is 200 Å². The largest absolute Gasteiger partial charge is 0.507 e. The molecule has 4 aliphatic rings. The molecule has 0 aromatic heterocycles. The number of phenols is 1. The van der Waals surface area contributed by atoms with Gasteiger partial charge in [-0.3, -0.25) is 14.4 Å². The molecule has 2 bridgehead atoms. The van der Waals surface area contributed by atoms with Crippen LogP contribution in [0.1, 0.15) is 48.3 Å². The predicted octanol–water partition coefficient (Wildman–Crippen LogP) is -0.291. The quantitative estimate of drug-likeness (QED) is 0.145. The third-order valence-corrected chi connectivity index (χ3v) is 8.78. The summed E-state index contributed by atoms with van der Waals surface area (Å²) in [6, 6.07) is 5.62. The number of hydrogen-bond donors (Lipinski definition) is 6. The minimum Gasteiger partial charge on any atom is -0.507 e. The molecule has 6 N–H and O–H groups in total. The zero-order valence-electron chi connectivity index (χ0n) is 21.9. The van der Waals surface area contributed by atoms with Crippen molar-refractivity contribution in [3.63, 3.8) is 0 Å². The van der Waals surface area contributed by atoms with Gasteiger partial charge in [-0.05, 0) is 66.2 Å². The number of hydrogen-bond acceptors (Lipinski definition) is 12. The van der Waals surface area contributed by atoms with Crippen molar-refractivity contribution in [2.75, 3.05) is 13.2 Å². The van der Waals surface area contributed by atoms with E-state index in [1.807, 2.05) is 0 Å². The second-order valence-electron chi connectivity index (χ2n) is 11.2. The van der Waals surface area contributed by atoms with Crippen LogP contribution in [0.3, 0.4) is 0 Å². The smallest absolute Gasteiger partial charge is 0.331 e. The van der Waals surface area contributed by atoms with Gasteiger partial charge in [-0.2, -0.15) is 0 Å². The summed E-state index contributed by atoms with van der Waals surface area (Å²) < 4.78 is 15.9. The molecule has 0 radical (unpaired) electrons. The van der Waals surface area contributed by atoms with Crippen molar-refractivity contribution in [3.8, 4) is 5.75 Å². The number of aromatic hydroxyl groups is 1. The highest BCUT2D eigenvalue weighted by atomic mass is 16.7. The molecule has 5 atom stereocenters. The van der Waals surface area contributed by atoms with E-state index in [1.165, 1.54) is 24.3 Å². The number of benzene rings is 1. The molecule has 3 fully saturated rings. The zero-order valence-corrected chi connectivity index (χ0v) is 21.9. The van der Waals surface area contributed by atoms with E-state index in [1.54, 1.807) is 6.07 Å². The molecule has 2 saturated heterocycles. The van der Waals surface area contributed by atoms with Crippen molar-refractivity contribution in [2.24, 2.45) is 5.41 Å². The van der Waals surface area contributed by atoms with Crippen molar-refractivity contribution in [1.82, 2.24) is 0 Å². The van der Waals surface area contributed by atoms with Gasteiger partial charge in [0.15, 0.2) is 17.1 Å². The van der Waals surface area contributed by atoms with Crippen LogP contribution in [0, 0.1) is 5.41 Å². The van der Waals surface area contributed by atoms with Crippen molar-refractivity contribution in [1.29, 1.82) is 0 Å². The van der Waals surface area contributed by atoms with Gasteiger partial charge in [0.1, 0.15) is 18.0 Å². The number of cyclic esters (lactones) is 2. The van der Waals surface area contributed by atoms with Crippen LogP contribution in [0.25, 0.3) is 16.8 Å². The van der Waals surface area contributed by atoms with E-state index < -0.39 is 65.7 Å². The standard InChI is InChI=1S/C29H30O12/c30-12-21-18(31)3-4-22(40-21)39-6-5-28(26(35)41-27(28)36)11-13-7-14-9-15-10-17(25(34)29(15,37)38)16-1-2-19(32)24(23(14)16)20(33)8-13/h1-2,7-9,17-18,21-22,25,30-32,34,37-38H,3-6,10-12H2.